The summed E-state index contributed by atoms with van der Waals surface area (Å²) in [6.45, 7) is 0.619. The molecule has 0 saturated heterocycles. The minimum absolute atomic E-state index is 0.229. The van der Waals surface area contributed by atoms with Gasteiger partial charge in [0.15, 0.2) is 5.82 Å². The van der Waals surface area contributed by atoms with Crippen molar-refractivity contribution < 1.29 is 8.42 Å². The normalized spacial score (nSPS) is 11.6. The highest BCUT2D eigenvalue weighted by atomic mass is 32.2. The van der Waals surface area contributed by atoms with E-state index in [0.717, 1.165) is 5.39 Å². The van der Waals surface area contributed by atoms with Crippen molar-refractivity contribution in [2.75, 3.05) is 18.4 Å². The van der Waals surface area contributed by atoms with Crippen LogP contribution in [0.25, 0.3) is 16.6 Å². The molecule has 0 unspecified atom stereocenters. The van der Waals surface area contributed by atoms with Crippen LogP contribution in [0.3, 0.4) is 0 Å². The summed E-state index contributed by atoms with van der Waals surface area (Å²) in [6, 6.07) is 20.2. The van der Waals surface area contributed by atoms with E-state index in [4.69, 9.17) is 0 Å². The maximum absolute atomic E-state index is 12.7. The molecular weight excluding hydrogens is 374 g/mol. The smallest absolute Gasteiger partial charge is 0.241 e. The molecule has 0 spiro atoms. The van der Waals surface area contributed by atoms with Crippen LogP contribution in [0.2, 0.25) is 0 Å². The fraction of sp³-hybridized carbons (Fsp3) is 0.100. The van der Waals surface area contributed by atoms with Crippen LogP contribution in [-0.2, 0) is 10.0 Å². The fourth-order valence-electron chi connectivity index (χ4n) is 2.93. The molecule has 0 aliphatic heterocycles. The van der Waals surface area contributed by atoms with E-state index in [-0.39, 0.29) is 11.4 Å². The van der Waals surface area contributed by atoms with Crippen molar-refractivity contribution in [2.45, 2.75) is 4.90 Å². The maximum Gasteiger partial charge on any atom is 0.241 e. The average Bonchev–Trinajstić information content (AvgIpc) is 3.26. The third-order valence-corrected chi connectivity index (χ3v) is 5.80. The van der Waals surface area contributed by atoms with Crippen molar-refractivity contribution in [1.29, 1.82) is 0 Å². The summed E-state index contributed by atoms with van der Waals surface area (Å²) < 4.78 is 29.8. The molecule has 0 fully saturated rings. The van der Waals surface area contributed by atoms with Crippen LogP contribution in [0.15, 0.2) is 84.0 Å². The molecule has 0 aliphatic rings. The van der Waals surface area contributed by atoms with Gasteiger partial charge in [-0.2, -0.15) is 0 Å². The number of rotatable bonds is 7. The molecule has 0 saturated carbocycles. The van der Waals surface area contributed by atoms with Gasteiger partial charge in [0.25, 0.3) is 0 Å². The Labute approximate surface area is 163 Å². The first-order valence-electron chi connectivity index (χ1n) is 8.82. The van der Waals surface area contributed by atoms with E-state index in [0.29, 0.717) is 23.6 Å². The zero-order valence-corrected chi connectivity index (χ0v) is 15.8. The van der Waals surface area contributed by atoms with Crippen molar-refractivity contribution >= 4 is 26.6 Å². The lowest BCUT2D eigenvalue weighted by Gasteiger charge is -2.10. The third-order valence-electron chi connectivity index (χ3n) is 4.28. The number of nitrogens with one attached hydrogen (secondary N) is 2. The van der Waals surface area contributed by atoms with E-state index in [1.807, 2.05) is 71.6 Å². The second kappa shape index (κ2) is 7.79. The Morgan fingerprint density at radius 3 is 2.39 bits per heavy atom. The average molecular weight is 393 g/mol. The second-order valence-corrected chi connectivity index (χ2v) is 7.90. The van der Waals surface area contributed by atoms with Crippen LogP contribution in [0.5, 0.6) is 0 Å². The van der Waals surface area contributed by atoms with Crippen molar-refractivity contribution in [1.82, 2.24) is 19.5 Å². The number of anilines is 1. The van der Waals surface area contributed by atoms with E-state index < -0.39 is 10.0 Å². The van der Waals surface area contributed by atoms with Crippen molar-refractivity contribution in [3.63, 3.8) is 0 Å². The number of hydrogen-bond donors (Lipinski definition) is 2. The van der Waals surface area contributed by atoms with Gasteiger partial charge >= 0.3 is 0 Å². The Kier molecular flexibility index (Phi) is 5.05. The quantitative estimate of drug-likeness (QED) is 0.471. The van der Waals surface area contributed by atoms with Gasteiger partial charge in [-0.15, -0.1) is 10.2 Å². The van der Waals surface area contributed by atoms with Crippen LogP contribution >= 0.6 is 0 Å². The molecule has 8 heteroatoms. The number of hydrogen-bond acceptors (Lipinski definition) is 5. The van der Waals surface area contributed by atoms with E-state index in [1.165, 1.54) is 0 Å². The molecule has 0 radical (unpaired) electrons. The standard InChI is InChI=1S/C20H19N5O2S/c26-28(27,18-9-5-7-16-6-1-2-8-17(16)18)22-13-12-21-19-10-11-20(24-23-19)25-14-3-4-15-25/h1-11,14-15,22H,12-13H2,(H,21,23). The van der Waals surface area contributed by atoms with Gasteiger partial charge in [-0.1, -0.05) is 36.4 Å². The number of fused-ring (bicyclic) bond motifs is 1. The Bertz CT molecular complexity index is 1170. The molecule has 2 heterocycles. The predicted molar refractivity (Wildman–Crippen MR) is 109 cm³/mol. The van der Waals surface area contributed by atoms with E-state index in [2.05, 4.69) is 20.2 Å². The lowest BCUT2D eigenvalue weighted by molar-refractivity contribution is 0.584. The molecular formula is C20H19N5O2S. The summed E-state index contributed by atoms with van der Waals surface area (Å²) in [7, 11) is -3.61. The van der Waals surface area contributed by atoms with Crippen LogP contribution in [-0.4, -0.2) is 36.3 Å². The van der Waals surface area contributed by atoms with E-state index >= 15 is 0 Å². The van der Waals surface area contributed by atoms with Gasteiger partial charge in [0, 0.05) is 30.9 Å². The Hall–Kier alpha value is -3.23. The van der Waals surface area contributed by atoms with Crippen LogP contribution in [0.1, 0.15) is 0 Å². The summed E-state index contributed by atoms with van der Waals surface area (Å²) in [5, 5.41) is 12.9. The predicted octanol–water partition coefficient (Wildman–Crippen LogP) is 2.81. The zero-order valence-electron chi connectivity index (χ0n) is 15.0. The van der Waals surface area contributed by atoms with Crippen molar-refractivity contribution in [2.24, 2.45) is 0 Å². The van der Waals surface area contributed by atoms with Gasteiger partial charge in [-0.05, 0) is 35.7 Å². The third kappa shape index (κ3) is 3.88. The number of nitrogens with zero attached hydrogens (tertiary/aromatic N) is 3. The van der Waals surface area contributed by atoms with Crippen LogP contribution in [0, 0.1) is 0 Å². The monoisotopic (exact) mass is 393 g/mol. The Morgan fingerprint density at radius 2 is 1.61 bits per heavy atom. The Morgan fingerprint density at radius 1 is 0.821 bits per heavy atom. The number of benzene rings is 2. The van der Waals surface area contributed by atoms with Gasteiger partial charge in [0.2, 0.25) is 10.0 Å². The first kappa shape index (κ1) is 18.1. The van der Waals surface area contributed by atoms with Gasteiger partial charge in [0.1, 0.15) is 5.82 Å². The first-order chi connectivity index (χ1) is 13.6. The van der Waals surface area contributed by atoms with Crippen LogP contribution < -0.4 is 10.0 Å². The summed E-state index contributed by atoms with van der Waals surface area (Å²) in [5.74, 6) is 1.30. The fourth-order valence-corrected chi connectivity index (χ4v) is 4.19. The highest BCUT2D eigenvalue weighted by molar-refractivity contribution is 7.89. The van der Waals surface area contributed by atoms with Crippen molar-refractivity contribution in [3.05, 3.63) is 79.1 Å². The topological polar surface area (TPSA) is 88.9 Å². The number of sulfonamides is 1. The van der Waals surface area contributed by atoms with E-state index in [9.17, 15) is 8.42 Å². The summed E-state index contributed by atoms with van der Waals surface area (Å²) in [6.07, 6.45) is 3.78. The summed E-state index contributed by atoms with van der Waals surface area (Å²) >= 11 is 0. The van der Waals surface area contributed by atoms with Gasteiger partial charge < -0.3 is 9.88 Å². The molecule has 4 rings (SSSR count). The molecule has 142 valence electrons. The van der Waals surface area contributed by atoms with Gasteiger partial charge in [-0.25, -0.2) is 13.1 Å². The molecule has 0 atom stereocenters. The van der Waals surface area contributed by atoms with Gasteiger partial charge in [-0.3, -0.25) is 0 Å². The minimum atomic E-state index is -3.61. The largest absolute Gasteiger partial charge is 0.367 e. The molecule has 0 aliphatic carbocycles. The van der Waals surface area contributed by atoms with Crippen LogP contribution in [0.4, 0.5) is 5.82 Å². The molecule has 7 nitrogen and oxygen atoms in total. The molecule has 0 amide bonds. The lowest BCUT2D eigenvalue weighted by Crippen LogP contribution is -2.29. The molecule has 0 bridgehead atoms. The SMILES string of the molecule is O=S(=O)(NCCNc1ccc(-n2cccc2)nn1)c1cccc2ccccc12. The van der Waals surface area contributed by atoms with Gasteiger partial charge in [0.05, 0.1) is 4.90 Å². The molecule has 2 aromatic carbocycles. The second-order valence-electron chi connectivity index (χ2n) is 6.17. The molecule has 2 aromatic heterocycles. The minimum Gasteiger partial charge on any atom is -0.367 e. The lowest BCUT2D eigenvalue weighted by atomic mass is 10.1. The summed E-state index contributed by atoms with van der Waals surface area (Å²) in [4.78, 5) is 0.279. The number of aromatic nitrogens is 3. The van der Waals surface area contributed by atoms with Crippen molar-refractivity contribution in [3.8, 4) is 5.82 Å². The molecule has 28 heavy (non-hydrogen) atoms. The molecule has 4 aromatic rings. The Balaban J connectivity index is 1.37. The zero-order chi connectivity index (χ0) is 19.4. The first-order valence-corrected chi connectivity index (χ1v) is 10.3. The molecule has 2 N–H and O–H groups in total. The highest BCUT2D eigenvalue weighted by Gasteiger charge is 2.16. The summed E-state index contributed by atoms with van der Waals surface area (Å²) in [5.41, 5.74) is 0. The van der Waals surface area contributed by atoms with E-state index in [1.54, 1.807) is 12.1 Å². The highest BCUT2D eigenvalue weighted by Crippen LogP contribution is 2.22. The maximum atomic E-state index is 12.7.